The molecule has 0 aromatic rings. The number of aliphatic imine (C=N–C) groups is 1. The van der Waals surface area contributed by atoms with Gasteiger partial charge in [-0.3, -0.25) is 4.99 Å². The first-order valence-corrected chi connectivity index (χ1v) is 8.97. The minimum atomic E-state index is -0.564. The molecule has 0 aliphatic heterocycles. The Bertz CT molecular complexity index is 326. The lowest BCUT2D eigenvalue weighted by Gasteiger charge is -2.14. The minimum Gasteiger partial charge on any atom is -0.389 e. The summed E-state index contributed by atoms with van der Waals surface area (Å²) in [6.45, 7) is 10.9. The highest BCUT2D eigenvalue weighted by molar-refractivity contribution is 14.0. The average Bonchev–Trinajstić information content (AvgIpc) is 3.32. The van der Waals surface area contributed by atoms with E-state index in [0.29, 0.717) is 25.7 Å². The van der Waals surface area contributed by atoms with Crippen LogP contribution in [0.3, 0.4) is 0 Å². The van der Waals surface area contributed by atoms with Crippen molar-refractivity contribution in [2.45, 2.75) is 46.1 Å². The maximum atomic E-state index is 9.87. The first-order chi connectivity index (χ1) is 11.1. The van der Waals surface area contributed by atoms with Gasteiger partial charge in [-0.1, -0.05) is 13.8 Å². The lowest BCUT2D eigenvalue weighted by atomic mass is 10.2. The predicted octanol–water partition coefficient (Wildman–Crippen LogP) is 2.01. The van der Waals surface area contributed by atoms with Crippen LogP contribution in [0.25, 0.3) is 0 Å². The molecule has 0 amide bonds. The molecule has 1 rings (SSSR count). The van der Waals surface area contributed by atoms with Gasteiger partial charge < -0.3 is 25.2 Å². The highest BCUT2D eigenvalue weighted by atomic mass is 127. The van der Waals surface area contributed by atoms with E-state index >= 15 is 0 Å². The van der Waals surface area contributed by atoms with Gasteiger partial charge in [0.15, 0.2) is 5.96 Å². The summed E-state index contributed by atoms with van der Waals surface area (Å²) < 4.78 is 11.0. The van der Waals surface area contributed by atoms with Crippen molar-refractivity contribution in [3.05, 3.63) is 0 Å². The molecule has 0 saturated heterocycles. The minimum absolute atomic E-state index is 0. The molecule has 0 spiro atoms. The highest BCUT2D eigenvalue weighted by Gasteiger charge is 2.20. The Kier molecular flexibility index (Phi) is 15.1. The number of nitrogens with one attached hydrogen (secondary N) is 2. The number of rotatable bonds is 13. The number of ether oxygens (including phenoxy) is 2. The molecule has 3 N–H and O–H groups in total. The van der Waals surface area contributed by atoms with Gasteiger partial charge in [-0.25, -0.2) is 0 Å². The molecule has 6 nitrogen and oxygen atoms in total. The van der Waals surface area contributed by atoms with Crippen molar-refractivity contribution >= 4 is 29.9 Å². The second kappa shape index (κ2) is 15.2. The van der Waals surface area contributed by atoms with Gasteiger partial charge in [0, 0.05) is 32.9 Å². The summed E-state index contributed by atoms with van der Waals surface area (Å²) in [5, 5.41) is 16.3. The molecule has 1 fully saturated rings. The topological polar surface area (TPSA) is 75.1 Å². The molecule has 144 valence electrons. The molecule has 0 heterocycles. The van der Waals surface area contributed by atoms with Crippen LogP contribution in [0.4, 0.5) is 0 Å². The summed E-state index contributed by atoms with van der Waals surface area (Å²) in [6, 6.07) is 0. The molecule has 1 atom stereocenters. The van der Waals surface area contributed by atoms with E-state index in [4.69, 9.17) is 9.47 Å². The molecular formula is C17H36IN3O3. The van der Waals surface area contributed by atoms with Gasteiger partial charge in [-0.15, -0.1) is 24.0 Å². The highest BCUT2D eigenvalue weighted by Crippen LogP contribution is 2.28. The number of aliphatic hydroxyl groups is 1. The Morgan fingerprint density at radius 2 is 1.96 bits per heavy atom. The fraction of sp³-hybridized carbons (Fsp3) is 0.941. The van der Waals surface area contributed by atoms with Crippen LogP contribution in [0.2, 0.25) is 0 Å². The Morgan fingerprint density at radius 1 is 1.21 bits per heavy atom. The SMILES string of the molecule is CCNC(=NCC(O)COCC(C)C)NCCCOCC1CC1.I. The number of halogens is 1. The molecule has 0 radical (unpaired) electrons. The number of hydrogen-bond donors (Lipinski definition) is 3. The number of nitrogens with zero attached hydrogens (tertiary/aromatic N) is 1. The molecule has 1 saturated carbocycles. The first kappa shape index (κ1) is 23.9. The molecule has 1 aliphatic rings. The fourth-order valence-electron chi connectivity index (χ4n) is 1.95. The van der Waals surface area contributed by atoms with E-state index in [2.05, 4.69) is 29.5 Å². The number of aliphatic hydroxyl groups excluding tert-OH is 1. The maximum absolute atomic E-state index is 9.87. The lowest BCUT2D eigenvalue weighted by Crippen LogP contribution is -2.39. The second-order valence-corrected chi connectivity index (χ2v) is 6.60. The van der Waals surface area contributed by atoms with Crippen LogP contribution < -0.4 is 10.6 Å². The summed E-state index contributed by atoms with van der Waals surface area (Å²) in [6.07, 6.45) is 3.06. The van der Waals surface area contributed by atoms with Gasteiger partial charge in [0.2, 0.25) is 0 Å². The van der Waals surface area contributed by atoms with Crippen molar-refractivity contribution in [1.82, 2.24) is 10.6 Å². The van der Waals surface area contributed by atoms with Gasteiger partial charge in [0.1, 0.15) is 0 Å². The van der Waals surface area contributed by atoms with E-state index in [1.54, 1.807) is 0 Å². The normalized spacial score (nSPS) is 16.0. The van der Waals surface area contributed by atoms with E-state index < -0.39 is 6.10 Å². The Labute approximate surface area is 164 Å². The van der Waals surface area contributed by atoms with Crippen LogP contribution in [0.1, 0.15) is 40.0 Å². The van der Waals surface area contributed by atoms with Gasteiger partial charge in [0.25, 0.3) is 0 Å². The Hall–Kier alpha value is -0.120. The van der Waals surface area contributed by atoms with Crippen LogP contribution in [0.15, 0.2) is 4.99 Å². The van der Waals surface area contributed by atoms with Gasteiger partial charge >= 0.3 is 0 Å². The van der Waals surface area contributed by atoms with Crippen LogP contribution in [0.5, 0.6) is 0 Å². The molecule has 1 unspecified atom stereocenters. The first-order valence-electron chi connectivity index (χ1n) is 8.97. The Balaban J connectivity index is 0.00000529. The van der Waals surface area contributed by atoms with Crippen LogP contribution >= 0.6 is 24.0 Å². The predicted molar refractivity (Wildman–Crippen MR) is 109 cm³/mol. The standard InChI is InChI=1S/C17H35N3O3.HI/c1-4-18-17(19-8-5-9-22-12-15-6-7-15)20-10-16(21)13-23-11-14(2)3;/h14-16,21H,4-13H2,1-3H3,(H2,18,19,20);1H. The zero-order valence-electron chi connectivity index (χ0n) is 15.4. The quantitative estimate of drug-likeness (QED) is 0.171. The van der Waals surface area contributed by atoms with E-state index in [1.165, 1.54) is 12.8 Å². The summed E-state index contributed by atoms with van der Waals surface area (Å²) in [5.74, 6) is 2.03. The molecule has 0 aromatic heterocycles. The van der Waals surface area contributed by atoms with Crippen molar-refractivity contribution < 1.29 is 14.6 Å². The van der Waals surface area contributed by atoms with Crippen molar-refractivity contribution in [1.29, 1.82) is 0 Å². The van der Waals surface area contributed by atoms with Crippen molar-refractivity contribution in [2.75, 3.05) is 46.1 Å². The zero-order chi connectivity index (χ0) is 16.9. The van der Waals surface area contributed by atoms with E-state index in [1.807, 2.05) is 6.92 Å². The van der Waals surface area contributed by atoms with E-state index in [9.17, 15) is 5.11 Å². The van der Waals surface area contributed by atoms with Crippen LogP contribution in [-0.2, 0) is 9.47 Å². The molecule has 24 heavy (non-hydrogen) atoms. The number of hydrogen-bond acceptors (Lipinski definition) is 4. The monoisotopic (exact) mass is 457 g/mol. The second-order valence-electron chi connectivity index (χ2n) is 6.60. The summed E-state index contributed by atoms with van der Waals surface area (Å²) in [4.78, 5) is 4.39. The maximum Gasteiger partial charge on any atom is 0.191 e. The van der Waals surface area contributed by atoms with E-state index in [-0.39, 0.29) is 24.0 Å². The average molecular weight is 457 g/mol. The van der Waals surface area contributed by atoms with Gasteiger partial charge in [-0.05, 0) is 38.0 Å². The summed E-state index contributed by atoms with van der Waals surface area (Å²) in [5.41, 5.74) is 0. The largest absolute Gasteiger partial charge is 0.389 e. The van der Waals surface area contributed by atoms with Gasteiger partial charge in [0.05, 0.1) is 19.3 Å². The molecule has 0 aromatic carbocycles. The molecule has 7 heteroatoms. The van der Waals surface area contributed by atoms with Crippen molar-refractivity contribution in [3.8, 4) is 0 Å². The molecule has 1 aliphatic carbocycles. The van der Waals surface area contributed by atoms with Crippen LogP contribution in [-0.4, -0.2) is 63.2 Å². The Morgan fingerprint density at radius 3 is 2.58 bits per heavy atom. The van der Waals surface area contributed by atoms with E-state index in [0.717, 1.165) is 44.6 Å². The smallest absolute Gasteiger partial charge is 0.191 e. The third-order valence-electron chi connectivity index (χ3n) is 3.37. The lowest BCUT2D eigenvalue weighted by molar-refractivity contribution is 0.0301. The van der Waals surface area contributed by atoms with Gasteiger partial charge in [-0.2, -0.15) is 0 Å². The zero-order valence-corrected chi connectivity index (χ0v) is 17.8. The molecule has 0 bridgehead atoms. The number of guanidine groups is 1. The summed E-state index contributed by atoms with van der Waals surface area (Å²) in [7, 11) is 0. The molecular weight excluding hydrogens is 421 g/mol. The third kappa shape index (κ3) is 14.2. The van der Waals surface area contributed by atoms with Crippen molar-refractivity contribution in [2.24, 2.45) is 16.8 Å². The fourth-order valence-corrected chi connectivity index (χ4v) is 1.95. The summed E-state index contributed by atoms with van der Waals surface area (Å²) >= 11 is 0. The third-order valence-corrected chi connectivity index (χ3v) is 3.37. The van der Waals surface area contributed by atoms with Crippen molar-refractivity contribution in [3.63, 3.8) is 0 Å². The van der Waals surface area contributed by atoms with Crippen LogP contribution in [0, 0.1) is 11.8 Å².